The highest BCUT2D eigenvalue weighted by atomic mass is 32.2. The smallest absolute Gasteiger partial charge is 0.278 e. The molecule has 0 radical (unpaired) electrons. The summed E-state index contributed by atoms with van der Waals surface area (Å²) in [4.78, 5) is 22.4. The maximum atomic E-state index is 13.4. The Labute approximate surface area is 194 Å². The van der Waals surface area contributed by atoms with Gasteiger partial charge in [-0.1, -0.05) is 11.8 Å². The number of hydrogen-bond donors (Lipinski definition) is 2. The van der Waals surface area contributed by atoms with Crippen LogP contribution >= 0.6 is 11.8 Å². The average molecular weight is 487 g/mol. The Balaban J connectivity index is 3.19. The van der Waals surface area contributed by atoms with Crippen molar-refractivity contribution in [2.24, 2.45) is 0 Å². The number of carbonyl (C=O) groups excluding carboxylic acids is 2. The van der Waals surface area contributed by atoms with Crippen molar-refractivity contribution >= 4 is 22.9 Å². The standard InChI is InChI=1S/C20H39FN2O8S/c1-17(2)31-16-19(24)22-4-5-26-6-7-27-8-9-28-10-11-29-12-13-30-15-18(21)14-23-20(25)32-3/h17-18H,4-16H2,1-3H3,(H,22,24)(H,23,25). The minimum absolute atomic E-state index is 0.0278. The first-order valence-corrected chi connectivity index (χ1v) is 11.9. The zero-order chi connectivity index (χ0) is 23.9. The molecule has 0 spiro atoms. The molecule has 12 heteroatoms. The Bertz CT molecular complexity index is 463. The summed E-state index contributed by atoms with van der Waals surface area (Å²) in [6.07, 6.45) is 0.414. The second-order valence-electron chi connectivity index (χ2n) is 6.70. The van der Waals surface area contributed by atoms with Gasteiger partial charge in [0, 0.05) is 6.54 Å². The molecule has 190 valence electrons. The van der Waals surface area contributed by atoms with E-state index in [0.29, 0.717) is 59.4 Å². The first-order chi connectivity index (χ1) is 15.5. The van der Waals surface area contributed by atoms with E-state index in [9.17, 15) is 14.0 Å². The number of halogens is 1. The van der Waals surface area contributed by atoms with E-state index in [4.69, 9.17) is 28.4 Å². The highest BCUT2D eigenvalue weighted by Crippen LogP contribution is 1.96. The van der Waals surface area contributed by atoms with Crippen molar-refractivity contribution < 1.29 is 42.4 Å². The van der Waals surface area contributed by atoms with E-state index in [1.807, 2.05) is 13.8 Å². The summed E-state index contributed by atoms with van der Waals surface area (Å²) in [5, 5.41) is 4.87. The van der Waals surface area contributed by atoms with E-state index in [2.05, 4.69) is 10.6 Å². The molecule has 0 rings (SSSR count). The highest BCUT2D eigenvalue weighted by Gasteiger charge is 2.08. The summed E-state index contributed by atoms with van der Waals surface area (Å²) >= 11 is 1.00. The zero-order valence-electron chi connectivity index (χ0n) is 19.4. The summed E-state index contributed by atoms with van der Waals surface area (Å²) in [6.45, 7) is 7.70. The third-order valence-corrected chi connectivity index (χ3v) is 4.07. The number of carbonyl (C=O) groups is 2. The van der Waals surface area contributed by atoms with Gasteiger partial charge in [-0.15, -0.1) is 0 Å². The number of alkyl halides is 1. The lowest BCUT2D eigenvalue weighted by Gasteiger charge is -2.10. The molecule has 0 saturated heterocycles. The van der Waals surface area contributed by atoms with Crippen LogP contribution in [0.1, 0.15) is 13.8 Å². The summed E-state index contributed by atoms with van der Waals surface area (Å²) in [5.74, 6) is -0.158. The van der Waals surface area contributed by atoms with Crippen molar-refractivity contribution in [2.75, 3.05) is 92.0 Å². The van der Waals surface area contributed by atoms with Crippen LogP contribution in [0.25, 0.3) is 0 Å². The minimum Gasteiger partial charge on any atom is -0.377 e. The molecule has 32 heavy (non-hydrogen) atoms. The van der Waals surface area contributed by atoms with Gasteiger partial charge in [0.15, 0.2) is 0 Å². The number of hydrogen-bond acceptors (Lipinski definition) is 9. The lowest BCUT2D eigenvalue weighted by atomic mass is 10.4. The van der Waals surface area contributed by atoms with Gasteiger partial charge in [-0.05, 0) is 20.1 Å². The second-order valence-corrected chi connectivity index (χ2v) is 7.48. The predicted octanol–water partition coefficient (Wildman–Crippen LogP) is 1.02. The van der Waals surface area contributed by atoms with Crippen molar-refractivity contribution in [1.82, 2.24) is 10.6 Å². The van der Waals surface area contributed by atoms with Crippen LogP contribution in [0.2, 0.25) is 0 Å². The maximum Gasteiger partial charge on any atom is 0.278 e. The van der Waals surface area contributed by atoms with Gasteiger partial charge in [0.2, 0.25) is 5.91 Å². The van der Waals surface area contributed by atoms with Gasteiger partial charge in [0.05, 0.1) is 78.7 Å². The Kier molecular flexibility index (Phi) is 22.4. The van der Waals surface area contributed by atoms with Gasteiger partial charge in [0.25, 0.3) is 5.24 Å². The van der Waals surface area contributed by atoms with Gasteiger partial charge < -0.3 is 39.1 Å². The van der Waals surface area contributed by atoms with Crippen LogP contribution < -0.4 is 10.6 Å². The summed E-state index contributed by atoms with van der Waals surface area (Å²) in [6, 6.07) is 0. The summed E-state index contributed by atoms with van der Waals surface area (Å²) < 4.78 is 45.1. The number of rotatable bonds is 22. The largest absolute Gasteiger partial charge is 0.377 e. The fraction of sp³-hybridized carbons (Fsp3) is 0.900. The molecule has 0 saturated carbocycles. The van der Waals surface area contributed by atoms with Crippen molar-refractivity contribution in [2.45, 2.75) is 26.1 Å². The molecule has 0 aromatic carbocycles. The van der Waals surface area contributed by atoms with E-state index in [0.717, 1.165) is 11.8 Å². The van der Waals surface area contributed by atoms with Crippen LogP contribution in [0.4, 0.5) is 9.18 Å². The normalized spacial score (nSPS) is 12.2. The molecule has 2 N–H and O–H groups in total. The van der Waals surface area contributed by atoms with Crippen LogP contribution in [-0.4, -0.2) is 115 Å². The number of amides is 2. The van der Waals surface area contributed by atoms with E-state index >= 15 is 0 Å². The third-order valence-electron chi connectivity index (χ3n) is 3.56. The van der Waals surface area contributed by atoms with E-state index < -0.39 is 6.17 Å². The molecular weight excluding hydrogens is 447 g/mol. The highest BCUT2D eigenvalue weighted by molar-refractivity contribution is 8.12. The van der Waals surface area contributed by atoms with Crippen molar-refractivity contribution in [1.29, 1.82) is 0 Å². The van der Waals surface area contributed by atoms with Crippen LogP contribution in [0.3, 0.4) is 0 Å². The molecule has 0 aromatic rings. The molecule has 0 aliphatic carbocycles. The maximum absolute atomic E-state index is 13.4. The topological polar surface area (TPSA) is 114 Å². The summed E-state index contributed by atoms with van der Waals surface area (Å²) in [5.41, 5.74) is 0. The van der Waals surface area contributed by atoms with Crippen molar-refractivity contribution in [3.8, 4) is 0 Å². The van der Waals surface area contributed by atoms with Crippen molar-refractivity contribution in [3.05, 3.63) is 0 Å². The lowest BCUT2D eigenvalue weighted by molar-refractivity contribution is -0.127. The molecule has 1 atom stereocenters. The first kappa shape index (κ1) is 31.0. The van der Waals surface area contributed by atoms with Gasteiger partial charge in [-0.2, -0.15) is 0 Å². The molecule has 0 aliphatic heterocycles. The van der Waals surface area contributed by atoms with Gasteiger partial charge in [-0.3, -0.25) is 9.59 Å². The Morgan fingerprint density at radius 3 is 1.81 bits per heavy atom. The molecule has 0 aromatic heterocycles. The number of ether oxygens (including phenoxy) is 6. The molecule has 2 amide bonds. The molecule has 0 heterocycles. The molecule has 10 nitrogen and oxygen atoms in total. The van der Waals surface area contributed by atoms with Crippen LogP contribution in [-0.2, 0) is 33.2 Å². The van der Waals surface area contributed by atoms with Gasteiger partial charge >= 0.3 is 0 Å². The number of nitrogens with one attached hydrogen (secondary N) is 2. The van der Waals surface area contributed by atoms with Crippen LogP contribution in [0.5, 0.6) is 0 Å². The molecule has 0 bridgehead atoms. The van der Waals surface area contributed by atoms with Gasteiger partial charge in [0.1, 0.15) is 12.8 Å². The fourth-order valence-corrected chi connectivity index (χ4v) is 2.20. The Morgan fingerprint density at radius 1 is 0.812 bits per heavy atom. The molecular formula is C20H39FN2O8S. The number of thioether (sulfide) groups is 1. The fourth-order valence-electron chi connectivity index (χ4n) is 1.97. The SMILES string of the molecule is CSC(=O)NCC(F)COCCOCCOCCOCCOCCNC(=O)COC(C)C. The lowest BCUT2D eigenvalue weighted by Crippen LogP contribution is -2.31. The second kappa shape index (κ2) is 23.1. The van der Waals surface area contributed by atoms with Crippen molar-refractivity contribution in [3.63, 3.8) is 0 Å². The van der Waals surface area contributed by atoms with Crippen LogP contribution in [0.15, 0.2) is 0 Å². The van der Waals surface area contributed by atoms with Crippen LogP contribution in [0, 0.1) is 0 Å². The minimum atomic E-state index is -1.24. The van der Waals surface area contributed by atoms with E-state index in [-0.39, 0.29) is 43.6 Å². The molecule has 0 fully saturated rings. The van der Waals surface area contributed by atoms with E-state index in [1.165, 1.54) is 0 Å². The quantitative estimate of drug-likeness (QED) is 0.217. The summed E-state index contributed by atoms with van der Waals surface area (Å²) in [7, 11) is 0. The molecule has 1 unspecified atom stereocenters. The zero-order valence-corrected chi connectivity index (χ0v) is 20.2. The monoisotopic (exact) mass is 486 g/mol. The van der Waals surface area contributed by atoms with E-state index in [1.54, 1.807) is 6.26 Å². The Hall–Kier alpha value is -1.02. The molecule has 0 aliphatic rings. The average Bonchev–Trinajstić information content (AvgIpc) is 2.77. The first-order valence-electron chi connectivity index (χ1n) is 10.7. The Morgan fingerprint density at radius 2 is 1.31 bits per heavy atom. The third kappa shape index (κ3) is 23.6. The predicted molar refractivity (Wildman–Crippen MR) is 120 cm³/mol. The van der Waals surface area contributed by atoms with Gasteiger partial charge in [-0.25, -0.2) is 4.39 Å².